The lowest BCUT2D eigenvalue weighted by molar-refractivity contribution is 0.0636. The second kappa shape index (κ2) is 4.38. The van der Waals surface area contributed by atoms with E-state index in [1.165, 1.54) is 18.2 Å². The zero-order valence-electron chi connectivity index (χ0n) is 9.50. The molecule has 1 amide bonds. The summed E-state index contributed by atoms with van der Waals surface area (Å²) in [4.78, 5) is 11.4. The van der Waals surface area contributed by atoms with Crippen LogP contribution in [0, 0.1) is 5.82 Å². The van der Waals surface area contributed by atoms with Crippen LogP contribution in [0.3, 0.4) is 0 Å². The molecule has 3 N–H and O–H groups in total. The van der Waals surface area contributed by atoms with Crippen molar-refractivity contribution in [3.63, 3.8) is 0 Å². The van der Waals surface area contributed by atoms with Gasteiger partial charge in [-0.25, -0.2) is 9.18 Å². The first kappa shape index (κ1) is 12.3. The van der Waals surface area contributed by atoms with E-state index < -0.39 is 17.5 Å². The molecule has 0 bridgehead atoms. The molecular formula is C11H15FN2O2. The number of para-hydroxylation sites is 1. The van der Waals surface area contributed by atoms with E-state index in [0.29, 0.717) is 0 Å². The molecule has 1 aromatic carbocycles. The molecule has 0 atom stereocenters. The van der Waals surface area contributed by atoms with Crippen molar-refractivity contribution in [1.82, 2.24) is 0 Å². The van der Waals surface area contributed by atoms with E-state index in [2.05, 4.69) is 5.32 Å². The third kappa shape index (κ3) is 3.42. The van der Waals surface area contributed by atoms with Gasteiger partial charge in [0.25, 0.3) is 0 Å². The summed E-state index contributed by atoms with van der Waals surface area (Å²) in [6.45, 7) is 5.21. The number of hydrogen-bond donors (Lipinski definition) is 2. The molecule has 0 aliphatic heterocycles. The molecule has 1 aromatic rings. The molecule has 0 heterocycles. The van der Waals surface area contributed by atoms with Gasteiger partial charge in [0.2, 0.25) is 0 Å². The Morgan fingerprint density at radius 3 is 2.62 bits per heavy atom. The van der Waals surface area contributed by atoms with Gasteiger partial charge in [-0.05, 0) is 32.9 Å². The fraction of sp³-hybridized carbons (Fsp3) is 0.364. The average molecular weight is 226 g/mol. The number of carbonyl (C=O) groups is 1. The standard InChI is InChI=1S/C11H15FN2O2/c1-11(2,3)16-10(15)14-8-6-4-5-7(12)9(8)13/h4-6H,13H2,1-3H3,(H,14,15). The number of hydrogen-bond acceptors (Lipinski definition) is 3. The van der Waals surface area contributed by atoms with Crippen LogP contribution < -0.4 is 11.1 Å². The second-order valence-corrected chi connectivity index (χ2v) is 4.33. The van der Waals surface area contributed by atoms with Crippen molar-refractivity contribution in [2.75, 3.05) is 11.1 Å². The molecule has 0 aliphatic carbocycles. The molecule has 5 heteroatoms. The molecular weight excluding hydrogens is 211 g/mol. The predicted molar refractivity (Wildman–Crippen MR) is 60.7 cm³/mol. The fourth-order valence-corrected chi connectivity index (χ4v) is 1.06. The predicted octanol–water partition coefficient (Wildman–Crippen LogP) is 2.75. The summed E-state index contributed by atoms with van der Waals surface area (Å²) in [5.41, 5.74) is 4.94. The van der Waals surface area contributed by atoms with E-state index in [9.17, 15) is 9.18 Å². The number of anilines is 2. The largest absolute Gasteiger partial charge is 0.444 e. The molecule has 0 fully saturated rings. The number of nitrogen functional groups attached to an aromatic ring is 1. The molecule has 0 radical (unpaired) electrons. The van der Waals surface area contributed by atoms with Crippen LogP contribution in [0.15, 0.2) is 18.2 Å². The highest BCUT2D eigenvalue weighted by atomic mass is 19.1. The van der Waals surface area contributed by atoms with Gasteiger partial charge in [0, 0.05) is 0 Å². The Hall–Kier alpha value is -1.78. The van der Waals surface area contributed by atoms with Crippen molar-refractivity contribution in [3.05, 3.63) is 24.0 Å². The number of amides is 1. The van der Waals surface area contributed by atoms with Gasteiger partial charge in [0.1, 0.15) is 11.4 Å². The van der Waals surface area contributed by atoms with E-state index in [1.54, 1.807) is 20.8 Å². The maximum atomic E-state index is 13.1. The summed E-state index contributed by atoms with van der Waals surface area (Å²) >= 11 is 0. The molecule has 0 saturated carbocycles. The molecule has 16 heavy (non-hydrogen) atoms. The summed E-state index contributed by atoms with van der Waals surface area (Å²) < 4.78 is 18.1. The smallest absolute Gasteiger partial charge is 0.412 e. The zero-order chi connectivity index (χ0) is 12.3. The lowest BCUT2D eigenvalue weighted by Gasteiger charge is -2.20. The summed E-state index contributed by atoms with van der Waals surface area (Å²) in [6.07, 6.45) is -0.662. The maximum Gasteiger partial charge on any atom is 0.412 e. The first-order valence-electron chi connectivity index (χ1n) is 4.83. The Morgan fingerprint density at radius 2 is 2.06 bits per heavy atom. The molecule has 0 aromatic heterocycles. The van der Waals surface area contributed by atoms with Gasteiger partial charge in [-0.1, -0.05) is 6.07 Å². The van der Waals surface area contributed by atoms with E-state index in [-0.39, 0.29) is 11.4 Å². The van der Waals surface area contributed by atoms with Gasteiger partial charge in [0.15, 0.2) is 0 Å². The lowest BCUT2D eigenvalue weighted by atomic mass is 10.2. The normalized spacial score (nSPS) is 11.0. The topological polar surface area (TPSA) is 64.3 Å². The number of benzene rings is 1. The molecule has 1 rings (SSSR count). The molecule has 0 spiro atoms. The highest BCUT2D eigenvalue weighted by molar-refractivity contribution is 5.89. The van der Waals surface area contributed by atoms with Crippen LogP contribution in [0.4, 0.5) is 20.6 Å². The highest BCUT2D eigenvalue weighted by Gasteiger charge is 2.17. The van der Waals surface area contributed by atoms with E-state index in [1.807, 2.05) is 0 Å². The Labute approximate surface area is 93.6 Å². The van der Waals surface area contributed by atoms with Gasteiger partial charge < -0.3 is 10.5 Å². The fourth-order valence-electron chi connectivity index (χ4n) is 1.06. The SMILES string of the molecule is CC(C)(C)OC(=O)Nc1cccc(F)c1N. The first-order chi connectivity index (χ1) is 7.29. The van der Waals surface area contributed by atoms with Crippen molar-refractivity contribution in [3.8, 4) is 0 Å². The molecule has 0 unspecified atom stereocenters. The summed E-state index contributed by atoms with van der Waals surface area (Å²) in [7, 11) is 0. The van der Waals surface area contributed by atoms with Crippen molar-refractivity contribution >= 4 is 17.5 Å². The van der Waals surface area contributed by atoms with Crippen LogP contribution in [0.1, 0.15) is 20.8 Å². The van der Waals surface area contributed by atoms with Crippen LogP contribution in [0.25, 0.3) is 0 Å². The van der Waals surface area contributed by atoms with Crippen LogP contribution in [-0.4, -0.2) is 11.7 Å². The maximum absolute atomic E-state index is 13.1. The van der Waals surface area contributed by atoms with Crippen molar-refractivity contribution in [2.24, 2.45) is 0 Å². The Kier molecular flexibility index (Phi) is 3.37. The van der Waals surface area contributed by atoms with E-state index >= 15 is 0 Å². The summed E-state index contributed by atoms with van der Waals surface area (Å²) in [5.74, 6) is -0.575. The van der Waals surface area contributed by atoms with Gasteiger partial charge >= 0.3 is 6.09 Å². The number of ether oxygens (including phenoxy) is 1. The van der Waals surface area contributed by atoms with Crippen molar-refractivity contribution in [2.45, 2.75) is 26.4 Å². The Morgan fingerprint density at radius 1 is 1.44 bits per heavy atom. The number of nitrogens with two attached hydrogens (primary N) is 1. The lowest BCUT2D eigenvalue weighted by Crippen LogP contribution is -2.27. The van der Waals surface area contributed by atoms with Gasteiger partial charge in [-0.3, -0.25) is 5.32 Å². The van der Waals surface area contributed by atoms with Crippen LogP contribution in [0.2, 0.25) is 0 Å². The monoisotopic (exact) mass is 226 g/mol. The third-order valence-electron chi connectivity index (χ3n) is 1.69. The molecule has 88 valence electrons. The van der Waals surface area contributed by atoms with Crippen LogP contribution in [0.5, 0.6) is 0 Å². The Balaban J connectivity index is 2.74. The number of carbonyl (C=O) groups excluding carboxylic acids is 1. The minimum Gasteiger partial charge on any atom is -0.444 e. The minimum absolute atomic E-state index is 0.103. The van der Waals surface area contributed by atoms with Crippen LogP contribution in [-0.2, 0) is 4.74 Å². The number of rotatable bonds is 1. The van der Waals surface area contributed by atoms with Crippen molar-refractivity contribution in [1.29, 1.82) is 0 Å². The summed E-state index contributed by atoms with van der Waals surface area (Å²) in [6, 6.07) is 4.18. The molecule has 0 saturated heterocycles. The summed E-state index contributed by atoms with van der Waals surface area (Å²) in [5, 5.41) is 2.38. The third-order valence-corrected chi connectivity index (χ3v) is 1.69. The number of halogens is 1. The van der Waals surface area contributed by atoms with Crippen LogP contribution >= 0.6 is 0 Å². The number of nitrogens with one attached hydrogen (secondary N) is 1. The average Bonchev–Trinajstić information content (AvgIpc) is 2.09. The van der Waals surface area contributed by atoms with E-state index in [0.717, 1.165) is 0 Å². The molecule has 4 nitrogen and oxygen atoms in total. The Bertz CT molecular complexity index is 399. The van der Waals surface area contributed by atoms with Gasteiger partial charge in [-0.15, -0.1) is 0 Å². The van der Waals surface area contributed by atoms with E-state index in [4.69, 9.17) is 10.5 Å². The minimum atomic E-state index is -0.662. The van der Waals surface area contributed by atoms with Gasteiger partial charge in [0.05, 0.1) is 11.4 Å². The quantitative estimate of drug-likeness (QED) is 0.723. The highest BCUT2D eigenvalue weighted by Crippen LogP contribution is 2.21. The zero-order valence-corrected chi connectivity index (χ0v) is 9.50. The van der Waals surface area contributed by atoms with Gasteiger partial charge in [-0.2, -0.15) is 0 Å². The first-order valence-corrected chi connectivity index (χ1v) is 4.83. The van der Waals surface area contributed by atoms with Crippen molar-refractivity contribution < 1.29 is 13.9 Å². The second-order valence-electron chi connectivity index (χ2n) is 4.33. The molecule has 0 aliphatic rings.